The lowest BCUT2D eigenvalue weighted by molar-refractivity contribution is 0.0555. The fraction of sp³-hybridized carbons (Fsp3) is 0.750. The number of rotatable bonds is 7. The quantitative estimate of drug-likeness (QED) is 0.740. The van der Waals surface area contributed by atoms with Gasteiger partial charge in [0.05, 0.1) is 11.8 Å². The van der Waals surface area contributed by atoms with Gasteiger partial charge in [-0.3, -0.25) is 4.68 Å². The molecule has 0 aliphatic carbocycles. The van der Waals surface area contributed by atoms with E-state index in [4.69, 9.17) is 0 Å². The molecule has 92 valence electrons. The van der Waals surface area contributed by atoms with E-state index in [1.807, 2.05) is 24.7 Å². The van der Waals surface area contributed by atoms with Crippen LogP contribution in [-0.4, -0.2) is 27.0 Å². The van der Waals surface area contributed by atoms with E-state index < -0.39 is 5.60 Å². The van der Waals surface area contributed by atoms with Crippen LogP contribution in [0.3, 0.4) is 0 Å². The van der Waals surface area contributed by atoms with Crippen molar-refractivity contribution >= 4 is 0 Å². The second kappa shape index (κ2) is 6.01. The van der Waals surface area contributed by atoms with Gasteiger partial charge in [-0.15, -0.1) is 0 Å². The molecule has 0 aromatic carbocycles. The molecule has 0 saturated heterocycles. The fourth-order valence-electron chi connectivity index (χ4n) is 1.45. The molecule has 16 heavy (non-hydrogen) atoms. The van der Waals surface area contributed by atoms with Crippen LogP contribution in [0.4, 0.5) is 0 Å². The Morgan fingerprint density at radius 3 is 2.88 bits per heavy atom. The molecule has 0 spiro atoms. The summed E-state index contributed by atoms with van der Waals surface area (Å²) in [7, 11) is 0. The van der Waals surface area contributed by atoms with Gasteiger partial charge in [0.15, 0.2) is 0 Å². The van der Waals surface area contributed by atoms with Gasteiger partial charge in [-0.05, 0) is 19.8 Å². The van der Waals surface area contributed by atoms with E-state index in [1.165, 1.54) is 5.56 Å². The largest absolute Gasteiger partial charge is 0.389 e. The molecule has 1 aromatic heterocycles. The maximum Gasteiger partial charge on any atom is 0.0741 e. The van der Waals surface area contributed by atoms with Crippen molar-refractivity contribution in [2.24, 2.45) is 0 Å². The zero-order valence-corrected chi connectivity index (χ0v) is 10.5. The molecule has 0 fully saturated rings. The third-order valence-electron chi connectivity index (χ3n) is 2.74. The molecule has 0 aliphatic heterocycles. The maximum absolute atomic E-state index is 9.81. The Morgan fingerprint density at radius 2 is 2.25 bits per heavy atom. The highest BCUT2D eigenvalue weighted by Crippen LogP contribution is 2.06. The molecule has 4 nitrogen and oxygen atoms in total. The lowest BCUT2D eigenvalue weighted by Gasteiger charge is -2.21. The molecular formula is C12H23N3O. The maximum atomic E-state index is 9.81. The van der Waals surface area contributed by atoms with Gasteiger partial charge >= 0.3 is 0 Å². The molecule has 2 N–H and O–H groups in total. The summed E-state index contributed by atoms with van der Waals surface area (Å²) in [6, 6.07) is 0. The van der Waals surface area contributed by atoms with E-state index in [1.54, 1.807) is 0 Å². The summed E-state index contributed by atoms with van der Waals surface area (Å²) in [5.74, 6) is 0. The average Bonchev–Trinajstić information content (AvgIpc) is 2.66. The number of hydrogen-bond donors (Lipinski definition) is 2. The number of aromatic nitrogens is 2. The lowest BCUT2D eigenvalue weighted by atomic mass is 10.0. The van der Waals surface area contributed by atoms with Gasteiger partial charge in [0, 0.05) is 31.4 Å². The summed E-state index contributed by atoms with van der Waals surface area (Å²) < 4.78 is 1.95. The Hall–Kier alpha value is -0.870. The highest BCUT2D eigenvalue weighted by molar-refractivity contribution is 5.03. The van der Waals surface area contributed by atoms with Crippen LogP contribution in [0.15, 0.2) is 12.4 Å². The topological polar surface area (TPSA) is 50.1 Å². The Morgan fingerprint density at radius 1 is 1.50 bits per heavy atom. The SMILES string of the molecule is CCCn1cc(CNCC(C)(O)CC)cn1. The van der Waals surface area contributed by atoms with Crippen LogP contribution < -0.4 is 5.32 Å². The standard InChI is InChI=1S/C12H23N3O/c1-4-6-15-9-11(8-14-15)7-13-10-12(3,16)5-2/h8-9,13,16H,4-7,10H2,1-3H3. The number of hydrogen-bond acceptors (Lipinski definition) is 3. The highest BCUT2D eigenvalue weighted by Gasteiger charge is 2.16. The van der Waals surface area contributed by atoms with Crippen LogP contribution in [0.1, 0.15) is 39.2 Å². The average molecular weight is 225 g/mol. The Balaban J connectivity index is 2.31. The summed E-state index contributed by atoms with van der Waals surface area (Å²) in [4.78, 5) is 0. The van der Waals surface area contributed by atoms with E-state index in [2.05, 4.69) is 23.5 Å². The van der Waals surface area contributed by atoms with Gasteiger partial charge in [-0.25, -0.2) is 0 Å². The monoisotopic (exact) mass is 225 g/mol. The van der Waals surface area contributed by atoms with Gasteiger partial charge in [0.25, 0.3) is 0 Å². The van der Waals surface area contributed by atoms with E-state index in [0.717, 1.165) is 25.9 Å². The van der Waals surface area contributed by atoms with Gasteiger partial charge in [-0.2, -0.15) is 5.10 Å². The predicted molar refractivity (Wildman–Crippen MR) is 65.1 cm³/mol. The first-order valence-electron chi connectivity index (χ1n) is 6.02. The minimum Gasteiger partial charge on any atom is -0.389 e. The van der Waals surface area contributed by atoms with Crippen molar-refractivity contribution in [2.75, 3.05) is 6.54 Å². The number of nitrogens with one attached hydrogen (secondary N) is 1. The summed E-state index contributed by atoms with van der Waals surface area (Å²) in [6.45, 7) is 8.31. The molecule has 1 aromatic rings. The molecule has 0 amide bonds. The molecule has 0 aliphatic rings. The first kappa shape index (κ1) is 13.2. The van der Waals surface area contributed by atoms with Crippen molar-refractivity contribution in [2.45, 2.75) is 52.3 Å². The zero-order chi connectivity index (χ0) is 12.0. The highest BCUT2D eigenvalue weighted by atomic mass is 16.3. The third-order valence-corrected chi connectivity index (χ3v) is 2.74. The number of nitrogens with zero attached hydrogens (tertiary/aromatic N) is 2. The molecule has 0 bridgehead atoms. The van der Waals surface area contributed by atoms with Crippen molar-refractivity contribution in [3.8, 4) is 0 Å². The summed E-state index contributed by atoms with van der Waals surface area (Å²) >= 11 is 0. The summed E-state index contributed by atoms with van der Waals surface area (Å²) in [6.07, 6.45) is 5.79. The number of aliphatic hydroxyl groups is 1. The molecule has 4 heteroatoms. The third kappa shape index (κ3) is 4.33. The molecule has 1 heterocycles. The molecular weight excluding hydrogens is 202 g/mol. The van der Waals surface area contributed by atoms with Crippen LogP contribution >= 0.6 is 0 Å². The van der Waals surface area contributed by atoms with Crippen molar-refractivity contribution in [1.29, 1.82) is 0 Å². The first-order valence-corrected chi connectivity index (χ1v) is 6.02. The summed E-state index contributed by atoms with van der Waals surface area (Å²) in [5, 5.41) is 17.3. The summed E-state index contributed by atoms with van der Waals surface area (Å²) in [5.41, 5.74) is 0.555. The molecule has 0 radical (unpaired) electrons. The van der Waals surface area contributed by atoms with E-state index >= 15 is 0 Å². The zero-order valence-electron chi connectivity index (χ0n) is 10.5. The van der Waals surface area contributed by atoms with Gasteiger partial charge in [-0.1, -0.05) is 13.8 Å². The van der Waals surface area contributed by atoms with Crippen molar-refractivity contribution < 1.29 is 5.11 Å². The Kier molecular flexibility index (Phi) is 4.96. The minimum atomic E-state index is -0.612. The van der Waals surface area contributed by atoms with Gasteiger partial charge in [0.2, 0.25) is 0 Å². The van der Waals surface area contributed by atoms with Crippen LogP contribution in [-0.2, 0) is 13.1 Å². The van der Waals surface area contributed by atoms with Crippen molar-refractivity contribution in [3.05, 3.63) is 18.0 Å². The second-order valence-corrected chi connectivity index (χ2v) is 4.57. The van der Waals surface area contributed by atoms with E-state index in [9.17, 15) is 5.11 Å². The van der Waals surface area contributed by atoms with E-state index in [-0.39, 0.29) is 0 Å². The van der Waals surface area contributed by atoms with Crippen molar-refractivity contribution in [1.82, 2.24) is 15.1 Å². The van der Waals surface area contributed by atoms with Crippen LogP contribution in [0.25, 0.3) is 0 Å². The number of aryl methyl sites for hydroxylation is 1. The smallest absolute Gasteiger partial charge is 0.0741 e. The normalized spacial score (nSPS) is 15.0. The van der Waals surface area contributed by atoms with Crippen molar-refractivity contribution in [3.63, 3.8) is 0 Å². The molecule has 0 saturated carbocycles. The lowest BCUT2D eigenvalue weighted by Crippen LogP contribution is -2.36. The van der Waals surface area contributed by atoms with Crippen LogP contribution in [0, 0.1) is 0 Å². The molecule has 1 unspecified atom stereocenters. The van der Waals surface area contributed by atoms with E-state index in [0.29, 0.717) is 6.54 Å². The predicted octanol–water partition coefficient (Wildman–Crippen LogP) is 1.54. The van der Waals surface area contributed by atoms with Crippen LogP contribution in [0.5, 0.6) is 0 Å². The molecule has 1 rings (SSSR count). The first-order chi connectivity index (χ1) is 7.57. The van der Waals surface area contributed by atoms with Gasteiger partial charge in [0.1, 0.15) is 0 Å². The molecule has 1 atom stereocenters. The van der Waals surface area contributed by atoms with Crippen LogP contribution in [0.2, 0.25) is 0 Å². The Bertz CT molecular complexity index is 307. The Labute approximate surface area is 97.7 Å². The fourth-order valence-corrected chi connectivity index (χ4v) is 1.45. The second-order valence-electron chi connectivity index (χ2n) is 4.57. The van der Waals surface area contributed by atoms with Gasteiger partial charge < -0.3 is 10.4 Å². The minimum absolute atomic E-state index is 0.612.